The minimum atomic E-state index is -0.383. The van der Waals surface area contributed by atoms with Crippen LogP contribution in [0.1, 0.15) is 40.5 Å². The normalized spacial score (nSPS) is 21.9. The highest BCUT2D eigenvalue weighted by Gasteiger charge is 2.38. The van der Waals surface area contributed by atoms with Gasteiger partial charge in [0.1, 0.15) is 11.6 Å². The predicted molar refractivity (Wildman–Crippen MR) is 83.6 cm³/mol. The van der Waals surface area contributed by atoms with Crippen LogP contribution in [0.25, 0.3) is 0 Å². The smallest absolute Gasteiger partial charge is 0.146 e. The van der Waals surface area contributed by atoms with E-state index in [0.717, 1.165) is 19.4 Å². The van der Waals surface area contributed by atoms with E-state index >= 15 is 0 Å². The van der Waals surface area contributed by atoms with E-state index in [4.69, 9.17) is 0 Å². The van der Waals surface area contributed by atoms with Gasteiger partial charge in [0.15, 0.2) is 0 Å². The Kier molecular flexibility index (Phi) is 4.87. The van der Waals surface area contributed by atoms with Gasteiger partial charge in [-0.3, -0.25) is 0 Å². The zero-order chi connectivity index (χ0) is 15.6. The van der Waals surface area contributed by atoms with E-state index < -0.39 is 0 Å². The zero-order valence-electron chi connectivity index (χ0n) is 13.4. The molecule has 1 unspecified atom stereocenters. The third-order valence-electron chi connectivity index (χ3n) is 4.90. The number of piperazine rings is 1. The fourth-order valence-electron chi connectivity index (χ4n) is 3.22. The van der Waals surface area contributed by atoms with Gasteiger partial charge < -0.3 is 10.2 Å². The molecule has 1 atom stereocenters. The van der Waals surface area contributed by atoms with E-state index in [-0.39, 0.29) is 23.2 Å². The van der Waals surface area contributed by atoms with Crippen LogP contribution in [0.15, 0.2) is 18.2 Å². The zero-order valence-corrected chi connectivity index (χ0v) is 13.4. The first-order valence-corrected chi connectivity index (χ1v) is 7.89. The second-order valence-corrected chi connectivity index (χ2v) is 6.40. The summed E-state index contributed by atoms with van der Waals surface area (Å²) in [5.74, 6) is -0.358. The number of hydrogen-bond donors (Lipinski definition) is 1. The Morgan fingerprint density at radius 3 is 2.52 bits per heavy atom. The number of rotatable bonds is 4. The molecule has 1 fully saturated rings. The maximum absolute atomic E-state index is 14.2. The van der Waals surface area contributed by atoms with Crippen LogP contribution in [-0.4, -0.2) is 24.7 Å². The molecule has 0 spiro atoms. The van der Waals surface area contributed by atoms with Crippen LogP contribution in [-0.2, 0) is 0 Å². The van der Waals surface area contributed by atoms with E-state index in [1.165, 1.54) is 18.2 Å². The molecule has 118 valence electrons. The highest BCUT2D eigenvalue weighted by molar-refractivity contribution is 5.50. The van der Waals surface area contributed by atoms with Crippen LogP contribution < -0.4 is 10.2 Å². The number of benzene rings is 1. The SMILES string of the molecule is CCC1(CC)CN(c2cc(F)ccc2F)C(C(C)C)CN1. The second kappa shape index (κ2) is 6.30. The summed E-state index contributed by atoms with van der Waals surface area (Å²) in [5.41, 5.74) is 0.367. The van der Waals surface area contributed by atoms with Gasteiger partial charge in [0.05, 0.1) is 5.69 Å². The maximum Gasteiger partial charge on any atom is 0.146 e. The van der Waals surface area contributed by atoms with E-state index in [2.05, 4.69) is 37.9 Å². The average Bonchev–Trinajstić information content (AvgIpc) is 2.49. The summed E-state index contributed by atoms with van der Waals surface area (Å²) in [5, 5.41) is 3.64. The molecule has 2 nitrogen and oxygen atoms in total. The topological polar surface area (TPSA) is 15.3 Å². The Morgan fingerprint density at radius 2 is 1.95 bits per heavy atom. The van der Waals surface area contributed by atoms with Gasteiger partial charge in [0.2, 0.25) is 0 Å². The lowest BCUT2D eigenvalue weighted by Gasteiger charge is -2.50. The van der Waals surface area contributed by atoms with Gasteiger partial charge in [-0.25, -0.2) is 8.78 Å². The van der Waals surface area contributed by atoms with Gasteiger partial charge in [-0.05, 0) is 30.9 Å². The van der Waals surface area contributed by atoms with Gasteiger partial charge in [-0.1, -0.05) is 27.7 Å². The molecule has 1 heterocycles. The van der Waals surface area contributed by atoms with Gasteiger partial charge in [0.25, 0.3) is 0 Å². The number of nitrogens with zero attached hydrogens (tertiary/aromatic N) is 1. The van der Waals surface area contributed by atoms with Crippen LogP contribution >= 0.6 is 0 Å². The molecule has 1 aliphatic rings. The summed E-state index contributed by atoms with van der Waals surface area (Å²) in [6.07, 6.45) is 1.95. The maximum atomic E-state index is 14.2. The molecular formula is C17H26F2N2. The quantitative estimate of drug-likeness (QED) is 0.905. The molecule has 2 rings (SSSR count). The molecule has 0 radical (unpaired) electrons. The highest BCUT2D eigenvalue weighted by Crippen LogP contribution is 2.32. The lowest BCUT2D eigenvalue weighted by atomic mass is 9.86. The molecule has 0 aromatic heterocycles. The summed E-state index contributed by atoms with van der Waals surface area (Å²) < 4.78 is 27.8. The Labute approximate surface area is 126 Å². The standard InChI is InChI=1S/C17H26F2N2/c1-5-17(6-2)11-21(16(10-20-17)12(3)4)15-9-13(18)7-8-14(15)19/h7-9,12,16,20H,5-6,10-11H2,1-4H3. The summed E-state index contributed by atoms with van der Waals surface area (Å²) in [6, 6.07) is 3.90. The highest BCUT2D eigenvalue weighted by atomic mass is 19.1. The van der Waals surface area contributed by atoms with Crippen LogP contribution in [0.4, 0.5) is 14.5 Å². The van der Waals surface area contributed by atoms with Crippen molar-refractivity contribution in [2.45, 2.75) is 52.1 Å². The Hall–Kier alpha value is -1.16. The van der Waals surface area contributed by atoms with Crippen molar-refractivity contribution < 1.29 is 8.78 Å². The van der Waals surface area contributed by atoms with Crippen molar-refractivity contribution in [3.63, 3.8) is 0 Å². The van der Waals surface area contributed by atoms with Crippen molar-refractivity contribution in [2.75, 3.05) is 18.0 Å². The Morgan fingerprint density at radius 1 is 1.29 bits per heavy atom. The third kappa shape index (κ3) is 3.20. The summed E-state index contributed by atoms with van der Waals surface area (Å²) >= 11 is 0. The minimum absolute atomic E-state index is 0.0237. The molecule has 1 aromatic carbocycles. The first kappa shape index (κ1) is 16.2. The fourth-order valence-corrected chi connectivity index (χ4v) is 3.22. The van der Waals surface area contributed by atoms with Crippen molar-refractivity contribution in [3.05, 3.63) is 29.8 Å². The molecule has 0 saturated carbocycles. The van der Waals surface area contributed by atoms with E-state index in [1.807, 2.05) is 0 Å². The largest absolute Gasteiger partial charge is 0.363 e. The molecule has 1 N–H and O–H groups in total. The average molecular weight is 296 g/mol. The second-order valence-electron chi connectivity index (χ2n) is 6.40. The third-order valence-corrected chi connectivity index (χ3v) is 4.90. The molecule has 0 bridgehead atoms. The monoisotopic (exact) mass is 296 g/mol. The van der Waals surface area contributed by atoms with Crippen molar-refractivity contribution in [1.82, 2.24) is 5.32 Å². The Balaban J connectivity index is 2.40. The first-order valence-electron chi connectivity index (χ1n) is 7.89. The van der Waals surface area contributed by atoms with Crippen molar-refractivity contribution in [1.29, 1.82) is 0 Å². The molecule has 21 heavy (non-hydrogen) atoms. The predicted octanol–water partition coefficient (Wildman–Crippen LogP) is 3.96. The molecule has 1 aromatic rings. The molecule has 1 aliphatic heterocycles. The van der Waals surface area contributed by atoms with E-state index in [9.17, 15) is 8.78 Å². The summed E-state index contributed by atoms with van der Waals surface area (Å²) in [4.78, 5) is 2.06. The van der Waals surface area contributed by atoms with E-state index in [1.54, 1.807) is 0 Å². The van der Waals surface area contributed by atoms with Crippen molar-refractivity contribution in [2.24, 2.45) is 5.92 Å². The number of hydrogen-bond acceptors (Lipinski definition) is 2. The number of nitrogens with one attached hydrogen (secondary N) is 1. The lowest BCUT2D eigenvalue weighted by molar-refractivity contribution is 0.226. The number of halogens is 2. The van der Waals surface area contributed by atoms with Gasteiger partial charge >= 0.3 is 0 Å². The molecule has 0 aliphatic carbocycles. The van der Waals surface area contributed by atoms with Gasteiger partial charge in [-0.2, -0.15) is 0 Å². The van der Waals surface area contributed by atoms with Crippen LogP contribution in [0, 0.1) is 17.6 Å². The lowest BCUT2D eigenvalue weighted by Crippen LogP contribution is -2.65. The summed E-state index contributed by atoms with van der Waals surface area (Å²) in [7, 11) is 0. The van der Waals surface area contributed by atoms with Crippen LogP contribution in [0.2, 0.25) is 0 Å². The summed E-state index contributed by atoms with van der Waals surface area (Å²) in [6.45, 7) is 10.1. The molecule has 4 heteroatoms. The first-order chi connectivity index (χ1) is 9.92. The fraction of sp³-hybridized carbons (Fsp3) is 0.647. The van der Waals surface area contributed by atoms with Crippen molar-refractivity contribution >= 4 is 5.69 Å². The van der Waals surface area contributed by atoms with Crippen LogP contribution in [0.5, 0.6) is 0 Å². The van der Waals surface area contributed by atoms with Gasteiger partial charge in [0, 0.05) is 30.7 Å². The Bertz CT molecular complexity index is 484. The molecular weight excluding hydrogens is 270 g/mol. The van der Waals surface area contributed by atoms with Gasteiger partial charge in [-0.15, -0.1) is 0 Å². The van der Waals surface area contributed by atoms with Crippen LogP contribution in [0.3, 0.4) is 0 Å². The molecule has 1 saturated heterocycles. The molecule has 0 amide bonds. The van der Waals surface area contributed by atoms with E-state index in [0.29, 0.717) is 18.2 Å². The van der Waals surface area contributed by atoms with Crippen molar-refractivity contribution in [3.8, 4) is 0 Å². The minimum Gasteiger partial charge on any atom is -0.363 e. The number of anilines is 1.